The summed E-state index contributed by atoms with van der Waals surface area (Å²) in [4.78, 5) is 0. The van der Waals surface area contributed by atoms with Crippen molar-refractivity contribution in [3.05, 3.63) is 57.7 Å². The van der Waals surface area contributed by atoms with Gasteiger partial charge >= 0.3 is 0 Å². The van der Waals surface area contributed by atoms with Crippen molar-refractivity contribution < 1.29 is 0 Å². The summed E-state index contributed by atoms with van der Waals surface area (Å²) in [6.07, 6.45) is 1.79. The van der Waals surface area contributed by atoms with Gasteiger partial charge in [-0.3, -0.25) is 4.40 Å². The normalized spacial score (nSPS) is 12.0. The molecule has 0 atom stereocenters. The molecule has 6 heteroatoms. The Morgan fingerprint density at radius 1 is 1.09 bits per heavy atom. The number of halogens is 2. The van der Waals surface area contributed by atoms with Gasteiger partial charge in [0.2, 0.25) is 0 Å². The molecule has 0 saturated heterocycles. The molecule has 0 bridgehead atoms. The minimum absolute atomic E-state index is 0.169. The standard InChI is InChI=1S/C17H17Cl2N3S/c1-17(2,3)12-6-4-11(5-7-12)10-23-16-21-20-15-14(19)8-13(18)9-22(15)16/h4-9H,10H2,1-3H3. The van der Waals surface area contributed by atoms with Gasteiger partial charge in [-0.15, -0.1) is 10.2 Å². The van der Waals surface area contributed by atoms with Gasteiger partial charge in [0.25, 0.3) is 0 Å². The smallest absolute Gasteiger partial charge is 0.196 e. The van der Waals surface area contributed by atoms with Crippen LogP contribution in [-0.2, 0) is 11.2 Å². The van der Waals surface area contributed by atoms with Crippen LogP contribution < -0.4 is 0 Å². The number of benzene rings is 1. The van der Waals surface area contributed by atoms with Crippen LogP contribution in [0.3, 0.4) is 0 Å². The Morgan fingerprint density at radius 2 is 1.78 bits per heavy atom. The van der Waals surface area contributed by atoms with Crippen LogP contribution in [0.5, 0.6) is 0 Å². The Morgan fingerprint density at radius 3 is 2.43 bits per heavy atom. The number of aromatic nitrogens is 3. The first-order valence-electron chi connectivity index (χ1n) is 7.26. The number of hydrogen-bond acceptors (Lipinski definition) is 3. The molecule has 0 N–H and O–H groups in total. The number of pyridine rings is 1. The van der Waals surface area contributed by atoms with Gasteiger partial charge in [-0.25, -0.2) is 0 Å². The van der Waals surface area contributed by atoms with Gasteiger partial charge < -0.3 is 0 Å². The highest BCUT2D eigenvalue weighted by atomic mass is 35.5. The molecule has 0 radical (unpaired) electrons. The predicted molar refractivity (Wildman–Crippen MR) is 97.7 cm³/mol. The summed E-state index contributed by atoms with van der Waals surface area (Å²) in [6, 6.07) is 10.4. The van der Waals surface area contributed by atoms with Gasteiger partial charge in [0.05, 0.1) is 10.0 Å². The van der Waals surface area contributed by atoms with Gasteiger partial charge in [-0.2, -0.15) is 0 Å². The fraction of sp³-hybridized carbons (Fsp3) is 0.294. The summed E-state index contributed by atoms with van der Waals surface area (Å²) in [5.41, 5.74) is 3.37. The fourth-order valence-corrected chi connectivity index (χ4v) is 3.62. The number of hydrogen-bond donors (Lipinski definition) is 0. The fourth-order valence-electron chi connectivity index (χ4n) is 2.25. The van der Waals surface area contributed by atoms with E-state index in [4.69, 9.17) is 23.2 Å². The Kier molecular flexibility index (Phi) is 4.59. The van der Waals surface area contributed by atoms with E-state index in [1.54, 1.807) is 24.0 Å². The lowest BCUT2D eigenvalue weighted by molar-refractivity contribution is 0.590. The first kappa shape index (κ1) is 16.6. The van der Waals surface area contributed by atoms with E-state index in [0.29, 0.717) is 15.7 Å². The van der Waals surface area contributed by atoms with Crippen molar-refractivity contribution >= 4 is 40.6 Å². The molecule has 1 aromatic carbocycles. The lowest BCUT2D eigenvalue weighted by atomic mass is 9.87. The van der Waals surface area contributed by atoms with E-state index >= 15 is 0 Å². The van der Waals surface area contributed by atoms with Crippen LogP contribution in [-0.4, -0.2) is 14.6 Å². The second-order valence-corrected chi connectivity index (χ2v) is 8.20. The zero-order valence-electron chi connectivity index (χ0n) is 13.2. The molecule has 3 aromatic rings. The van der Waals surface area contributed by atoms with E-state index in [-0.39, 0.29) is 5.41 Å². The van der Waals surface area contributed by atoms with Crippen LogP contribution >= 0.6 is 35.0 Å². The van der Waals surface area contributed by atoms with Crippen LogP contribution in [0.1, 0.15) is 31.9 Å². The zero-order chi connectivity index (χ0) is 16.6. The molecule has 0 fully saturated rings. The van der Waals surface area contributed by atoms with E-state index in [9.17, 15) is 0 Å². The largest absolute Gasteiger partial charge is 0.275 e. The SMILES string of the molecule is CC(C)(C)c1ccc(CSc2nnc3c(Cl)cc(Cl)cn23)cc1. The molecule has 2 aromatic heterocycles. The molecule has 0 spiro atoms. The van der Waals surface area contributed by atoms with Crippen molar-refractivity contribution in [1.82, 2.24) is 14.6 Å². The highest BCUT2D eigenvalue weighted by molar-refractivity contribution is 7.98. The molecule has 3 nitrogen and oxygen atoms in total. The number of thioether (sulfide) groups is 1. The van der Waals surface area contributed by atoms with E-state index < -0.39 is 0 Å². The maximum atomic E-state index is 6.14. The second-order valence-electron chi connectivity index (χ2n) is 6.42. The minimum Gasteiger partial charge on any atom is -0.275 e. The predicted octanol–water partition coefficient (Wildman–Crippen LogP) is 5.63. The number of rotatable bonds is 3. The van der Waals surface area contributed by atoms with Gasteiger partial charge in [0, 0.05) is 11.9 Å². The van der Waals surface area contributed by atoms with Crippen molar-refractivity contribution in [2.24, 2.45) is 0 Å². The summed E-state index contributed by atoms with van der Waals surface area (Å²) in [5, 5.41) is 10.2. The molecule has 0 saturated carbocycles. The molecule has 3 rings (SSSR count). The number of fused-ring (bicyclic) bond motifs is 1. The molecular formula is C17H17Cl2N3S. The molecular weight excluding hydrogens is 349 g/mol. The van der Waals surface area contributed by atoms with Crippen LogP contribution in [0.4, 0.5) is 0 Å². The van der Waals surface area contributed by atoms with Gasteiger partial charge in [-0.1, -0.05) is 80.0 Å². The van der Waals surface area contributed by atoms with Crippen molar-refractivity contribution in [2.75, 3.05) is 0 Å². The molecule has 120 valence electrons. The third-order valence-electron chi connectivity index (χ3n) is 3.58. The topological polar surface area (TPSA) is 30.2 Å². The highest BCUT2D eigenvalue weighted by Crippen LogP contribution is 2.28. The zero-order valence-corrected chi connectivity index (χ0v) is 15.5. The lowest BCUT2D eigenvalue weighted by Gasteiger charge is -2.19. The van der Waals surface area contributed by atoms with E-state index in [0.717, 1.165) is 10.9 Å². The monoisotopic (exact) mass is 365 g/mol. The maximum Gasteiger partial charge on any atom is 0.196 e. The van der Waals surface area contributed by atoms with E-state index in [1.165, 1.54) is 11.1 Å². The molecule has 0 aliphatic heterocycles. The van der Waals surface area contributed by atoms with E-state index in [1.807, 2.05) is 4.40 Å². The summed E-state index contributed by atoms with van der Waals surface area (Å²) in [7, 11) is 0. The Hall–Kier alpha value is -1.23. The van der Waals surface area contributed by atoms with Gasteiger partial charge in [0.15, 0.2) is 10.8 Å². The molecule has 23 heavy (non-hydrogen) atoms. The average Bonchev–Trinajstić information content (AvgIpc) is 2.88. The third kappa shape index (κ3) is 3.65. The average molecular weight is 366 g/mol. The van der Waals surface area contributed by atoms with Crippen LogP contribution in [0, 0.1) is 0 Å². The van der Waals surface area contributed by atoms with Crippen LogP contribution in [0.2, 0.25) is 10.0 Å². The van der Waals surface area contributed by atoms with Crippen molar-refractivity contribution in [2.45, 2.75) is 37.1 Å². The molecule has 0 aliphatic carbocycles. The maximum absolute atomic E-state index is 6.14. The van der Waals surface area contributed by atoms with Crippen LogP contribution in [0.25, 0.3) is 5.65 Å². The number of nitrogens with zero attached hydrogens (tertiary/aromatic N) is 3. The molecule has 0 unspecified atom stereocenters. The Bertz CT molecular complexity index is 835. The highest BCUT2D eigenvalue weighted by Gasteiger charge is 2.14. The third-order valence-corrected chi connectivity index (χ3v) is 5.08. The molecule has 0 amide bonds. The molecule has 0 aliphatic rings. The lowest BCUT2D eigenvalue weighted by Crippen LogP contribution is -2.10. The summed E-state index contributed by atoms with van der Waals surface area (Å²) in [6.45, 7) is 6.64. The van der Waals surface area contributed by atoms with Crippen molar-refractivity contribution in [3.63, 3.8) is 0 Å². The first-order valence-corrected chi connectivity index (χ1v) is 9.01. The van der Waals surface area contributed by atoms with Gasteiger partial charge in [-0.05, 0) is 22.6 Å². The van der Waals surface area contributed by atoms with Crippen LogP contribution in [0.15, 0.2) is 41.7 Å². The summed E-state index contributed by atoms with van der Waals surface area (Å²) < 4.78 is 1.83. The molecule has 2 heterocycles. The Balaban J connectivity index is 1.79. The van der Waals surface area contributed by atoms with E-state index in [2.05, 4.69) is 55.2 Å². The quantitative estimate of drug-likeness (QED) is 0.563. The van der Waals surface area contributed by atoms with Crippen molar-refractivity contribution in [3.8, 4) is 0 Å². The summed E-state index contributed by atoms with van der Waals surface area (Å²) in [5.74, 6) is 0.815. The van der Waals surface area contributed by atoms with Gasteiger partial charge in [0.1, 0.15) is 0 Å². The first-order chi connectivity index (χ1) is 10.8. The Labute approximate surface area is 150 Å². The minimum atomic E-state index is 0.169. The van der Waals surface area contributed by atoms with Crippen molar-refractivity contribution in [1.29, 1.82) is 0 Å². The second kappa shape index (κ2) is 6.34. The summed E-state index contributed by atoms with van der Waals surface area (Å²) >= 11 is 13.8.